The fourth-order valence-corrected chi connectivity index (χ4v) is 5.02. The van der Waals surface area contributed by atoms with E-state index in [-0.39, 0.29) is 6.61 Å². The molecular formula is C31H23N3O3. The van der Waals surface area contributed by atoms with Gasteiger partial charge in [-0.25, -0.2) is 4.98 Å². The molecule has 2 amide bonds. The molecule has 0 saturated heterocycles. The van der Waals surface area contributed by atoms with Crippen molar-refractivity contribution in [1.29, 1.82) is 0 Å². The molecular weight excluding hydrogens is 462 g/mol. The van der Waals surface area contributed by atoms with Crippen molar-refractivity contribution in [3.63, 3.8) is 0 Å². The molecule has 0 N–H and O–H groups in total. The predicted molar refractivity (Wildman–Crippen MR) is 139 cm³/mol. The smallest absolute Gasteiger partial charge is 0.285 e. The van der Waals surface area contributed by atoms with Crippen LogP contribution in [0.1, 0.15) is 43.1 Å². The van der Waals surface area contributed by atoms with Crippen LogP contribution in [0.3, 0.4) is 0 Å². The predicted octanol–water partition coefficient (Wildman–Crippen LogP) is 5.45. The number of benzene rings is 4. The van der Waals surface area contributed by atoms with Crippen LogP contribution in [0.25, 0.3) is 0 Å². The quantitative estimate of drug-likeness (QED) is 0.227. The molecule has 1 aliphatic heterocycles. The molecule has 6 rings (SSSR count). The van der Waals surface area contributed by atoms with E-state index in [9.17, 15) is 9.59 Å². The van der Waals surface area contributed by atoms with Crippen LogP contribution in [-0.4, -0.2) is 26.4 Å². The minimum Gasteiger partial charge on any atom is -0.319 e. The molecule has 2 heterocycles. The van der Waals surface area contributed by atoms with Gasteiger partial charge >= 0.3 is 0 Å². The van der Waals surface area contributed by atoms with E-state index in [1.54, 1.807) is 30.6 Å². The van der Waals surface area contributed by atoms with Crippen LogP contribution in [0.5, 0.6) is 0 Å². The van der Waals surface area contributed by atoms with Gasteiger partial charge in [0.25, 0.3) is 11.8 Å². The van der Waals surface area contributed by atoms with Gasteiger partial charge in [0.2, 0.25) is 0 Å². The monoisotopic (exact) mass is 485 g/mol. The lowest BCUT2D eigenvalue weighted by atomic mass is 9.77. The van der Waals surface area contributed by atoms with Gasteiger partial charge in [-0.3, -0.25) is 14.4 Å². The number of hydroxylamine groups is 2. The van der Waals surface area contributed by atoms with Gasteiger partial charge in [0.1, 0.15) is 12.1 Å². The number of fused-ring (bicyclic) bond motifs is 1. The van der Waals surface area contributed by atoms with Crippen LogP contribution in [0, 0.1) is 0 Å². The third-order valence-corrected chi connectivity index (χ3v) is 6.70. The number of amides is 2. The van der Waals surface area contributed by atoms with Gasteiger partial charge in [0.05, 0.1) is 23.1 Å². The number of imide groups is 1. The van der Waals surface area contributed by atoms with E-state index >= 15 is 0 Å². The third kappa shape index (κ3) is 3.75. The maximum absolute atomic E-state index is 12.7. The average molecular weight is 486 g/mol. The van der Waals surface area contributed by atoms with Crippen LogP contribution in [0.15, 0.2) is 128 Å². The van der Waals surface area contributed by atoms with E-state index in [4.69, 9.17) is 4.84 Å². The van der Waals surface area contributed by atoms with E-state index in [2.05, 4.69) is 45.9 Å². The highest BCUT2D eigenvalue weighted by Gasteiger charge is 2.39. The van der Waals surface area contributed by atoms with Gasteiger partial charge in [-0.2, -0.15) is 0 Å². The molecule has 1 aromatic heterocycles. The second kappa shape index (κ2) is 9.33. The number of rotatable bonds is 7. The summed E-state index contributed by atoms with van der Waals surface area (Å²) in [6, 6.07) is 37.5. The average Bonchev–Trinajstić information content (AvgIpc) is 3.53. The first-order valence-electron chi connectivity index (χ1n) is 12.0. The Morgan fingerprint density at radius 3 is 1.51 bits per heavy atom. The number of nitrogens with zero attached hydrogens (tertiary/aromatic N) is 3. The minimum atomic E-state index is -0.704. The van der Waals surface area contributed by atoms with Crippen molar-refractivity contribution < 1.29 is 14.4 Å². The van der Waals surface area contributed by atoms with Crippen molar-refractivity contribution >= 4 is 11.8 Å². The van der Waals surface area contributed by atoms with Crippen molar-refractivity contribution in [1.82, 2.24) is 14.6 Å². The first kappa shape index (κ1) is 22.6. The Morgan fingerprint density at radius 1 is 0.622 bits per heavy atom. The van der Waals surface area contributed by atoms with Gasteiger partial charge in [0, 0.05) is 6.20 Å². The van der Waals surface area contributed by atoms with Crippen molar-refractivity contribution in [3.05, 3.63) is 161 Å². The van der Waals surface area contributed by atoms with Gasteiger partial charge in [0.15, 0.2) is 0 Å². The number of hydrogen-bond acceptors (Lipinski definition) is 4. The van der Waals surface area contributed by atoms with Crippen LogP contribution in [-0.2, 0) is 17.0 Å². The first-order chi connectivity index (χ1) is 18.2. The largest absolute Gasteiger partial charge is 0.319 e. The molecule has 0 saturated carbocycles. The van der Waals surface area contributed by atoms with E-state index in [0.717, 1.165) is 21.8 Å². The first-order valence-corrected chi connectivity index (χ1v) is 12.0. The fraction of sp³-hybridized carbons (Fsp3) is 0.0645. The lowest BCUT2D eigenvalue weighted by Gasteiger charge is -2.37. The molecule has 6 nitrogen and oxygen atoms in total. The Kier molecular flexibility index (Phi) is 5.71. The second-order valence-corrected chi connectivity index (χ2v) is 8.80. The Morgan fingerprint density at radius 2 is 1.05 bits per heavy atom. The summed E-state index contributed by atoms with van der Waals surface area (Å²) < 4.78 is 2.06. The van der Waals surface area contributed by atoms with E-state index in [1.807, 2.05) is 60.8 Å². The summed E-state index contributed by atoms with van der Waals surface area (Å²) in [5, 5.41) is 0.822. The minimum absolute atomic E-state index is 0.0348. The third-order valence-electron chi connectivity index (χ3n) is 6.70. The molecule has 0 spiro atoms. The highest BCUT2D eigenvalue weighted by atomic mass is 16.7. The van der Waals surface area contributed by atoms with Crippen LogP contribution < -0.4 is 0 Å². The summed E-state index contributed by atoms with van der Waals surface area (Å²) in [4.78, 5) is 35.7. The summed E-state index contributed by atoms with van der Waals surface area (Å²) in [6.45, 7) is -0.0348. The molecule has 4 aromatic carbocycles. The lowest BCUT2D eigenvalue weighted by molar-refractivity contribution is -0.101. The molecule has 180 valence electrons. The summed E-state index contributed by atoms with van der Waals surface area (Å²) in [5.74, 6) is -0.931. The Labute approximate surface area is 214 Å². The fourth-order valence-electron chi connectivity index (χ4n) is 5.02. The van der Waals surface area contributed by atoms with Crippen LogP contribution in [0.2, 0.25) is 0 Å². The summed E-state index contributed by atoms with van der Waals surface area (Å²) >= 11 is 0. The molecule has 5 aromatic rings. The van der Waals surface area contributed by atoms with Gasteiger partial charge in [-0.05, 0) is 28.8 Å². The van der Waals surface area contributed by atoms with Gasteiger partial charge in [-0.15, -0.1) is 5.06 Å². The van der Waals surface area contributed by atoms with Crippen molar-refractivity contribution in [2.75, 3.05) is 0 Å². The highest BCUT2D eigenvalue weighted by Crippen LogP contribution is 2.40. The van der Waals surface area contributed by atoms with Gasteiger partial charge in [-0.1, -0.05) is 103 Å². The normalized spacial score (nSPS) is 13.1. The molecule has 6 heteroatoms. The summed E-state index contributed by atoms with van der Waals surface area (Å²) in [7, 11) is 0. The zero-order valence-electron chi connectivity index (χ0n) is 19.9. The van der Waals surface area contributed by atoms with Gasteiger partial charge < -0.3 is 4.57 Å². The molecule has 37 heavy (non-hydrogen) atoms. The summed E-state index contributed by atoms with van der Waals surface area (Å²) in [5.41, 5.74) is 3.77. The van der Waals surface area contributed by atoms with Crippen molar-refractivity contribution in [2.45, 2.75) is 12.1 Å². The number of imidazole rings is 1. The SMILES string of the molecule is O=C1c2ccccc2C(=O)N1OCc1cn(C(c2ccccc2)(c2ccccc2)c2ccccc2)cn1. The second-order valence-electron chi connectivity index (χ2n) is 8.80. The van der Waals surface area contributed by atoms with E-state index in [0.29, 0.717) is 16.8 Å². The Balaban J connectivity index is 1.40. The molecule has 0 bridgehead atoms. The Bertz CT molecular complexity index is 1430. The summed E-state index contributed by atoms with van der Waals surface area (Å²) in [6.07, 6.45) is 3.68. The number of hydrogen-bond donors (Lipinski definition) is 0. The maximum atomic E-state index is 12.7. The molecule has 0 radical (unpaired) electrons. The zero-order chi connectivity index (χ0) is 25.2. The molecule has 0 aliphatic carbocycles. The van der Waals surface area contributed by atoms with Crippen molar-refractivity contribution in [3.8, 4) is 0 Å². The topological polar surface area (TPSA) is 64.4 Å². The van der Waals surface area contributed by atoms with E-state index < -0.39 is 17.4 Å². The molecule has 0 unspecified atom stereocenters. The number of aromatic nitrogens is 2. The van der Waals surface area contributed by atoms with Crippen molar-refractivity contribution in [2.24, 2.45) is 0 Å². The van der Waals surface area contributed by atoms with Crippen LogP contribution >= 0.6 is 0 Å². The highest BCUT2D eigenvalue weighted by molar-refractivity contribution is 6.20. The van der Waals surface area contributed by atoms with Crippen LogP contribution in [0.4, 0.5) is 0 Å². The van der Waals surface area contributed by atoms with E-state index in [1.165, 1.54) is 0 Å². The molecule has 1 aliphatic rings. The number of carbonyl (C=O) groups is 2. The maximum Gasteiger partial charge on any atom is 0.285 e. The standard InChI is InChI=1S/C31H23N3O3/c35-29-27-18-10-11-19-28(27)30(36)34(29)37-21-26-20-33(22-32-26)31(23-12-4-1-5-13-23,24-14-6-2-7-15-24)25-16-8-3-9-17-25/h1-20,22H,21H2. The number of carbonyl (C=O) groups excluding carboxylic acids is 2. The molecule has 0 atom stereocenters. The Hall–Kier alpha value is -4.81. The zero-order valence-corrected chi connectivity index (χ0v) is 19.9. The lowest BCUT2D eigenvalue weighted by Crippen LogP contribution is -2.37. The molecule has 0 fully saturated rings.